The molecule has 2 aromatic carbocycles. The minimum atomic E-state index is -0.541. The lowest BCUT2D eigenvalue weighted by atomic mass is 10.1. The summed E-state index contributed by atoms with van der Waals surface area (Å²) < 4.78 is 18.1. The first kappa shape index (κ1) is 14.8. The first-order valence-corrected chi connectivity index (χ1v) is 6.44. The summed E-state index contributed by atoms with van der Waals surface area (Å²) in [5.74, 6) is -0.845. The van der Waals surface area contributed by atoms with E-state index < -0.39 is 11.8 Å². The summed E-state index contributed by atoms with van der Waals surface area (Å²) in [7, 11) is 1.27. The van der Waals surface area contributed by atoms with Crippen molar-refractivity contribution in [2.75, 3.05) is 12.4 Å². The number of benzene rings is 2. The minimum Gasteiger partial charge on any atom is -0.508 e. The maximum absolute atomic E-state index is 13.4. The van der Waals surface area contributed by atoms with Crippen LogP contribution >= 0.6 is 0 Å². The average Bonchev–Trinajstić information content (AvgIpc) is 2.46. The lowest BCUT2D eigenvalue weighted by molar-refractivity contribution is 0.0601. The van der Waals surface area contributed by atoms with E-state index in [4.69, 9.17) is 0 Å². The van der Waals surface area contributed by atoms with Crippen LogP contribution in [-0.2, 0) is 4.74 Å². The molecule has 4 nitrogen and oxygen atoms in total. The van der Waals surface area contributed by atoms with Crippen LogP contribution in [0.15, 0.2) is 42.5 Å². The lowest BCUT2D eigenvalue weighted by Gasteiger charge is -2.18. The molecule has 2 aromatic rings. The van der Waals surface area contributed by atoms with Gasteiger partial charge in [-0.2, -0.15) is 0 Å². The Morgan fingerprint density at radius 3 is 2.71 bits per heavy atom. The molecule has 2 N–H and O–H groups in total. The van der Waals surface area contributed by atoms with Crippen LogP contribution in [0.3, 0.4) is 0 Å². The summed E-state index contributed by atoms with van der Waals surface area (Å²) >= 11 is 0. The van der Waals surface area contributed by atoms with Gasteiger partial charge in [0.2, 0.25) is 0 Å². The van der Waals surface area contributed by atoms with E-state index in [1.54, 1.807) is 18.2 Å². The summed E-state index contributed by atoms with van der Waals surface area (Å²) in [4.78, 5) is 11.7. The van der Waals surface area contributed by atoms with Gasteiger partial charge in [0.05, 0.1) is 18.4 Å². The molecule has 0 aliphatic carbocycles. The molecule has 0 amide bonds. The largest absolute Gasteiger partial charge is 0.508 e. The molecular weight excluding hydrogens is 273 g/mol. The van der Waals surface area contributed by atoms with E-state index in [0.717, 1.165) is 5.56 Å². The molecule has 0 radical (unpaired) electrons. The van der Waals surface area contributed by atoms with Crippen LogP contribution in [0.2, 0.25) is 0 Å². The van der Waals surface area contributed by atoms with E-state index in [-0.39, 0.29) is 17.4 Å². The van der Waals surface area contributed by atoms with E-state index in [1.807, 2.05) is 13.0 Å². The average molecular weight is 289 g/mol. The molecule has 2 rings (SSSR count). The molecule has 1 atom stereocenters. The summed E-state index contributed by atoms with van der Waals surface area (Å²) in [6.45, 7) is 1.85. The molecule has 5 heteroatoms. The molecule has 0 heterocycles. The highest BCUT2D eigenvalue weighted by Gasteiger charge is 2.15. The number of aromatic hydroxyl groups is 1. The van der Waals surface area contributed by atoms with Gasteiger partial charge < -0.3 is 15.2 Å². The fraction of sp³-hybridized carbons (Fsp3) is 0.188. The summed E-state index contributed by atoms with van der Waals surface area (Å²) in [6, 6.07) is 10.3. The predicted octanol–water partition coefficient (Wildman–Crippen LogP) is 3.49. The van der Waals surface area contributed by atoms with E-state index in [2.05, 4.69) is 10.1 Å². The van der Waals surface area contributed by atoms with E-state index in [0.29, 0.717) is 5.69 Å². The highest BCUT2D eigenvalue weighted by Crippen LogP contribution is 2.25. The summed E-state index contributed by atoms with van der Waals surface area (Å²) in [5.41, 5.74) is 1.42. The number of hydrogen-bond donors (Lipinski definition) is 2. The minimum absolute atomic E-state index is 0.147. The van der Waals surface area contributed by atoms with Crippen molar-refractivity contribution in [3.05, 3.63) is 59.4 Å². The van der Waals surface area contributed by atoms with Gasteiger partial charge in [0, 0.05) is 6.04 Å². The molecule has 110 valence electrons. The van der Waals surface area contributed by atoms with Gasteiger partial charge in [0.15, 0.2) is 0 Å². The number of carbonyl (C=O) groups is 1. The Morgan fingerprint density at radius 2 is 2.05 bits per heavy atom. The van der Waals surface area contributed by atoms with Gasteiger partial charge in [-0.25, -0.2) is 9.18 Å². The van der Waals surface area contributed by atoms with Crippen molar-refractivity contribution in [1.29, 1.82) is 0 Å². The Kier molecular flexibility index (Phi) is 4.42. The number of phenolic OH excluding ortho intramolecular Hbond substituents is 1. The molecule has 0 aromatic heterocycles. The SMILES string of the molecule is COC(=O)c1ccc(F)cc1NC(C)c1cccc(O)c1. The molecule has 1 unspecified atom stereocenters. The van der Waals surface area contributed by atoms with E-state index >= 15 is 0 Å². The Bertz CT molecular complexity index is 658. The van der Waals surface area contributed by atoms with Gasteiger partial charge >= 0.3 is 5.97 Å². The van der Waals surface area contributed by atoms with Gasteiger partial charge in [0.25, 0.3) is 0 Å². The molecule has 0 bridgehead atoms. The maximum atomic E-state index is 13.4. The Labute approximate surface area is 122 Å². The monoisotopic (exact) mass is 289 g/mol. The molecule has 0 saturated heterocycles. The molecule has 0 fully saturated rings. The van der Waals surface area contributed by atoms with Crippen molar-refractivity contribution in [1.82, 2.24) is 0 Å². The van der Waals surface area contributed by atoms with Crippen molar-refractivity contribution < 1.29 is 19.0 Å². The molecule has 0 spiro atoms. The Balaban J connectivity index is 2.30. The third-order valence-electron chi connectivity index (χ3n) is 3.13. The van der Waals surface area contributed by atoms with Gasteiger partial charge in [-0.3, -0.25) is 0 Å². The van der Waals surface area contributed by atoms with E-state index in [9.17, 15) is 14.3 Å². The second-order valence-electron chi connectivity index (χ2n) is 4.64. The van der Waals surface area contributed by atoms with Crippen LogP contribution in [0.4, 0.5) is 10.1 Å². The Hall–Kier alpha value is -2.56. The Morgan fingerprint density at radius 1 is 1.29 bits per heavy atom. The number of halogens is 1. The molecule has 21 heavy (non-hydrogen) atoms. The number of anilines is 1. The third kappa shape index (κ3) is 3.51. The maximum Gasteiger partial charge on any atom is 0.339 e. The normalized spacial score (nSPS) is 11.8. The number of nitrogens with one attached hydrogen (secondary N) is 1. The zero-order valence-electron chi connectivity index (χ0n) is 11.8. The van der Waals surface area contributed by atoms with Gasteiger partial charge in [0.1, 0.15) is 11.6 Å². The number of phenols is 1. The molecule has 0 saturated carbocycles. The number of hydrogen-bond acceptors (Lipinski definition) is 4. The van der Waals surface area contributed by atoms with E-state index in [1.165, 1.54) is 25.3 Å². The number of esters is 1. The first-order valence-electron chi connectivity index (χ1n) is 6.44. The fourth-order valence-corrected chi connectivity index (χ4v) is 2.03. The predicted molar refractivity (Wildman–Crippen MR) is 77.9 cm³/mol. The zero-order valence-corrected chi connectivity index (χ0v) is 11.8. The van der Waals surface area contributed by atoms with Crippen molar-refractivity contribution in [3.8, 4) is 5.75 Å². The van der Waals surface area contributed by atoms with Crippen molar-refractivity contribution in [2.24, 2.45) is 0 Å². The highest BCUT2D eigenvalue weighted by molar-refractivity contribution is 5.95. The zero-order chi connectivity index (χ0) is 15.4. The van der Waals surface area contributed by atoms with Crippen LogP contribution in [0.25, 0.3) is 0 Å². The molecule has 0 aliphatic rings. The smallest absolute Gasteiger partial charge is 0.339 e. The standard InChI is InChI=1S/C16H16FNO3/c1-10(11-4-3-5-13(19)8-11)18-15-9-12(17)6-7-14(15)16(20)21-2/h3-10,18-19H,1-2H3. The van der Waals surface area contributed by atoms with Crippen LogP contribution in [-0.4, -0.2) is 18.2 Å². The van der Waals surface area contributed by atoms with Gasteiger partial charge in [-0.15, -0.1) is 0 Å². The molecule has 0 aliphatic heterocycles. The molecular formula is C16H16FNO3. The lowest BCUT2D eigenvalue weighted by Crippen LogP contribution is -2.12. The second kappa shape index (κ2) is 6.26. The van der Waals surface area contributed by atoms with Crippen molar-refractivity contribution in [3.63, 3.8) is 0 Å². The van der Waals surface area contributed by atoms with Gasteiger partial charge in [-0.05, 0) is 42.8 Å². The van der Waals surface area contributed by atoms with Crippen molar-refractivity contribution in [2.45, 2.75) is 13.0 Å². The number of rotatable bonds is 4. The first-order chi connectivity index (χ1) is 10.0. The van der Waals surface area contributed by atoms with Crippen LogP contribution in [0.1, 0.15) is 28.9 Å². The third-order valence-corrected chi connectivity index (χ3v) is 3.13. The number of methoxy groups -OCH3 is 1. The number of carbonyl (C=O) groups excluding carboxylic acids is 1. The van der Waals surface area contributed by atoms with Crippen LogP contribution in [0, 0.1) is 5.82 Å². The second-order valence-corrected chi connectivity index (χ2v) is 4.64. The summed E-state index contributed by atoms with van der Waals surface area (Å²) in [5, 5.41) is 12.5. The van der Waals surface area contributed by atoms with Crippen molar-refractivity contribution >= 4 is 11.7 Å². The van der Waals surface area contributed by atoms with Gasteiger partial charge in [-0.1, -0.05) is 12.1 Å². The van der Waals surface area contributed by atoms with Crippen LogP contribution in [0.5, 0.6) is 5.75 Å². The number of ether oxygens (including phenoxy) is 1. The summed E-state index contributed by atoms with van der Waals surface area (Å²) in [6.07, 6.45) is 0. The topological polar surface area (TPSA) is 58.6 Å². The van der Waals surface area contributed by atoms with Crippen LogP contribution < -0.4 is 5.32 Å². The fourth-order valence-electron chi connectivity index (χ4n) is 2.03. The highest BCUT2D eigenvalue weighted by atomic mass is 19.1. The quantitative estimate of drug-likeness (QED) is 0.846.